The predicted molar refractivity (Wildman–Crippen MR) is 87.9 cm³/mol. The molecule has 1 saturated heterocycles. The Kier molecular flexibility index (Phi) is 3.91. The molecule has 0 aromatic heterocycles. The van der Waals surface area contributed by atoms with Crippen molar-refractivity contribution in [3.05, 3.63) is 33.8 Å². The number of nitrogens with zero attached hydrogens (tertiary/aromatic N) is 1. The molecule has 2 unspecified atom stereocenters. The van der Waals surface area contributed by atoms with Gasteiger partial charge in [-0.05, 0) is 55.2 Å². The van der Waals surface area contributed by atoms with Crippen molar-refractivity contribution >= 4 is 23.2 Å². The van der Waals surface area contributed by atoms with Crippen LogP contribution in [-0.2, 0) is 6.54 Å². The molecule has 2 atom stereocenters. The van der Waals surface area contributed by atoms with Gasteiger partial charge in [0.2, 0.25) is 0 Å². The lowest BCUT2D eigenvalue weighted by Crippen LogP contribution is -2.57. The highest BCUT2D eigenvalue weighted by molar-refractivity contribution is 6.35. The second-order valence-corrected chi connectivity index (χ2v) is 7.77. The van der Waals surface area contributed by atoms with Gasteiger partial charge in [-0.3, -0.25) is 4.90 Å². The molecule has 0 spiro atoms. The van der Waals surface area contributed by atoms with E-state index in [1.807, 2.05) is 12.1 Å². The summed E-state index contributed by atoms with van der Waals surface area (Å²) < 4.78 is 0. The van der Waals surface area contributed by atoms with Crippen molar-refractivity contribution in [1.82, 2.24) is 10.2 Å². The topological polar surface area (TPSA) is 15.3 Å². The van der Waals surface area contributed by atoms with Gasteiger partial charge in [0, 0.05) is 41.8 Å². The van der Waals surface area contributed by atoms with E-state index in [0.717, 1.165) is 35.0 Å². The van der Waals surface area contributed by atoms with E-state index in [4.69, 9.17) is 23.2 Å². The number of hydrogen-bond acceptors (Lipinski definition) is 2. The molecule has 1 aromatic rings. The minimum atomic E-state index is 0.686. The van der Waals surface area contributed by atoms with Gasteiger partial charge in [0.1, 0.15) is 0 Å². The van der Waals surface area contributed by atoms with E-state index >= 15 is 0 Å². The van der Waals surface area contributed by atoms with Gasteiger partial charge in [-0.2, -0.15) is 0 Å². The average molecular weight is 325 g/mol. The van der Waals surface area contributed by atoms with E-state index < -0.39 is 0 Å². The van der Waals surface area contributed by atoms with E-state index in [1.54, 1.807) is 0 Å². The van der Waals surface area contributed by atoms with Crippen molar-refractivity contribution in [1.29, 1.82) is 0 Å². The van der Waals surface area contributed by atoms with Gasteiger partial charge in [-0.1, -0.05) is 29.3 Å². The van der Waals surface area contributed by atoms with Gasteiger partial charge >= 0.3 is 0 Å². The van der Waals surface area contributed by atoms with Crippen molar-refractivity contribution < 1.29 is 0 Å². The van der Waals surface area contributed by atoms with Crippen LogP contribution in [0.25, 0.3) is 0 Å². The minimum Gasteiger partial charge on any atom is -0.311 e. The van der Waals surface area contributed by atoms with Crippen LogP contribution < -0.4 is 5.32 Å². The quantitative estimate of drug-likeness (QED) is 0.901. The van der Waals surface area contributed by atoms with Gasteiger partial charge in [0.05, 0.1) is 0 Å². The first-order valence-corrected chi connectivity index (χ1v) is 8.87. The molecular weight excluding hydrogens is 303 g/mol. The zero-order valence-corrected chi connectivity index (χ0v) is 13.7. The van der Waals surface area contributed by atoms with Gasteiger partial charge in [-0.15, -0.1) is 0 Å². The number of hydrogen-bond donors (Lipinski definition) is 1. The average Bonchev–Trinajstić information content (AvgIpc) is 3.35. The van der Waals surface area contributed by atoms with Crippen LogP contribution in [0.3, 0.4) is 0 Å². The Morgan fingerprint density at radius 1 is 1.10 bits per heavy atom. The summed E-state index contributed by atoms with van der Waals surface area (Å²) in [6.07, 6.45) is 5.60. The standard InChI is InChI=1S/C17H22Cl2N2/c18-14-6-5-13(15(19)7-14)9-21-10-16(11-1-2-11)20-8-17(21)12-3-4-12/h5-7,11-12,16-17,20H,1-4,8-10H2. The summed E-state index contributed by atoms with van der Waals surface area (Å²) in [7, 11) is 0. The lowest BCUT2D eigenvalue weighted by molar-refractivity contribution is 0.100. The minimum absolute atomic E-state index is 0.686. The fourth-order valence-electron chi connectivity index (χ4n) is 3.66. The molecule has 0 bridgehead atoms. The van der Waals surface area contributed by atoms with Crippen molar-refractivity contribution in [2.24, 2.45) is 11.8 Å². The highest BCUT2D eigenvalue weighted by atomic mass is 35.5. The first kappa shape index (κ1) is 14.3. The van der Waals surface area contributed by atoms with Gasteiger partial charge in [0.15, 0.2) is 0 Å². The summed E-state index contributed by atoms with van der Waals surface area (Å²) in [5.74, 6) is 1.80. The third kappa shape index (κ3) is 3.24. The smallest absolute Gasteiger partial charge is 0.0465 e. The second-order valence-electron chi connectivity index (χ2n) is 6.92. The lowest BCUT2D eigenvalue weighted by atomic mass is 10.0. The van der Waals surface area contributed by atoms with Crippen molar-refractivity contribution in [3.8, 4) is 0 Å². The third-order valence-electron chi connectivity index (χ3n) is 5.24. The Balaban J connectivity index is 1.50. The summed E-state index contributed by atoms with van der Waals surface area (Å²) in [5, 5.41) is 5.32. The molecule has 1 aliphatic heterocycles. The lowest BCUT2D eigenvalue weighted by Gasteiger charge is -2.41. The predicted octanol–water partition coefficient (Wildman–Crippen LogP) is 3.96. The molecule has 2 saturated carbocycles. The highest BCUT2D eigenvalue weighted by Crippen LogP contribution is 2.40. The maximum absolute atomic E-state index is 6.38. The summed E-state index contributed by atoms with van der Waals surface area (Å²) in [6.45, 7) is 3.28. The monoisotopic (exact) mass is 324 g/mol. The number of rotatable bonds is 4. The van der Waals surface area contributed by atoms with Crippen LogP contribution in [0.4, 0.5) is 0 Å². The largest absolute Gasteiger partial charge is 0.311 e. The number of benzene rings is 1. The van der Waals surface area contributed by atoms with Gasteiger partial charge < -0.3 is 5.32 Å². The maximum atomic E-state index is 6.38. The van der Waals surface area contributed by atoms with Crippen LogP contribution in [0, 0.1) is 11.8 Å². The first-order chi connectivity index (χ1) is 10.2. The molecule has 1 N–H and O–H groups in total. The van der Waals surface area contributed by atoms with E-state index in [9.17, 15) is 0 Å². The zero-order chi connectivity index (χ0) is 14.4. The molecule has 3 aliphatic rings. The van der Waals surface area contributed by atoms with Crippen LogP contribution in [0.15, 0.2) is 18.2 Å². The molecule has 4 rings (SSSR count). The Morgan fingerprint density at radius 2 is 1.86 bits per heavy atom. The van der Waals surface area contributed by atoms with Crippen molar-refractivity contribution in [2.75, 3.05) is 13.1 Å². The van der Waals surface area contributed by atoms with E-state index in [2.05, 4.69) is 16.3 Å². The Labute approximate surface area is 136 Å². The zero-order valence-electron chi connectivity index (χ0n) is 12.2. The fourth-order valence-corrected chi connectivity index (χ4v) is 4.13. The van der Waals surface area contributed by atoms with E-state index in [0.29, 0.717) is 12.1 Å². The van der Waals surface area contributed by atoms with E-state index in [1.165, 1.54) is 37.8 Å². The summed E-state index contributed by atoms with van der Waals surface area (Å²) in [5.41, 5.74) is 1.21. The normalized spacial score (nSPS) is 30.6. The third-order valence-corrected chi connectivity index (χ3v) is 5.82. The second kappa shape index (κ2) is 5.73. The van der Waals surface area contributed by atoms with E-state index in [-0.39, 0.29) is 0 Å². The molecule has 0 amide bonds. The van der Waals surface area contributed by atoms with Gasteiger partial charge in [0.25, 0.3) is 0 Å². The summed E-state index contributed by atoms with van der Waals surface area (Å²) in [6, 6.07) is 7.28. The molecular formula is C17H22Cl2N2. The molecule has 0 radical (unpaired) electrons. The van der Waals surface area contributed by atoms with Crippen molar-refractivity contribution in [3.63, 3.8) is 0 Å². The Morgan fingerprint density at radius 3 is 2.52 bits per heavy atom. The molecule has 3 fully saturated rings. The van der Waals surface area contributed by atoms with Gasteiger partial charge in [-0.25, -0.2) is 0 Å². The number of nitrogens with one attached hydrogen (secondary N) is 1. The Hall–Kier alpha value is -0.280. The summed E-state index contributed by atoms with van der Waals surface area (Å²) in [4.78, 5) is 2.67. The summed E-state index contributed by atoms with van der Waals surface area (Å²) >= 11 is 12.4. The molecule has 21 heavy (non-hydrogen) atoms. The van der Waals surface area contributed by atoms with Crippen molar-refractivity contribution in [2.45, 2.75) is 44.3 Å². The number of piperazine rings is 1. The molecule has 1 aromatic carbocycles. The highest BCUT2D eigenvalue weighted by Gasteiger charge is 2.42. The molecule has 4 heteroatoms. The van der Waals surface area contributed by atoms with Crippen LogP contribution in [0.2, 0.25) is 10.0 Å². The molecule has 1 heterocycles. The SMILES string of the molecule is Clc1ccc(CN2CC(C3CC3)NCC2C2CC2)c(Cl)c1. The fraction of sp³-hybridized carbons (Fsp3) is 0.647. The molecule has 114 valence electrons. The molecule has 2 aliphatic carbocycles. The van der Waals surface area contributed by atoms with Crippen LogP contribution in [0.1, 0.15) is 31.2 Å². The van der Waals surface area contributed by atoms with Crippen LogP contribution >= 0.6 is 23.2 Å². The molecule has 2 nitrogen and oxygen atoms in total. The maximum Gasteiger partial charge on any atom is 0.0465 e. The van der Waals surface area contributed by atoms with Crippen LogP contribution in [0.5, 0.6) is 0 Å². The van der Waals surface area contributed by atoms with Crippen LogP contribution in [-0.4, -0.2) is 30.1 Å². The first-order valence-electron chi connectivity index (χ1n) is 8.12. The number of halogens is 2. The Bertz CT molecular complexity index is 526.